The molecule has 0 aliphatic rings. The van der Waals surface area contributed by atoms with Gasteiger partial charge in [0, 0.05) is 18.2 Å². The number of hydrogen-bond donors (Lipinski definition) is 1. The van der Waals surface area contributed by atoms with Crippen molar-refractivity contribution in [2.24, 2.45) is 0 Å². The van der Waals surface area contributed by atoms with Crippen molar-refractivity contribution >= 4 is 11.6 Å². The molecule has 0 radical (unpaired) electrons. The zero-order valence-corrected chi connectivity index (χ0v) is 13.7. The molecule has 2 atom stereocenters. The predicted octanol–water partition coefficient (Wildman–Crippen LogP) is 3.68. The average Bonchev–Trinajstić information content (AvgIpc) is 2.46. The smallest absolute Gasteiger partial charge is 0.122 e. The Kier molecular flexibility index (Phi) is 7.97. The average molecular weight is 300 g/mol. The Morgan fingerprint density at radius 1 is 1.25 bits per heavy atom. The maximum atomic E-state index is 6.10. The fourth-order valence-corrected chi connectivity index (χ4v) is 2.62. The molecule has 0 saturated carbocycles. The zero-order chi connectivity index (χ0) is 15.0. The molecule has 0 bridgehead atoms. The summed E-state index contributed by atoms with van der Waals surface area (Å²) in [5, 5.41) is 4.30. The number of rotatable bonds is 9. The van der Waals surface area contributed by atoms with E-state index in [0.717, 1.165) is 42.1 Å². The molecular weight excluding hydrogens is 274 g/mol. The third kappa shape index (κ3) is 4.97. The first-order valence-electron chi connectivity index (χ1n) is 7.24. The van der Waals surface area contributed by atoms with E-state index in [-0.39, 0.29) is 12.1 Å². The molecule has 0 amide bonds. The molecule has 0 aliphatic carbocycles. The van der Waals surface area contributed by atoms with Gasteiger partial charge in [0.05, 0.1) is 13.2 Å². The van der Waals surface area contributed by atoms with E-state index in [1.807, 2.05) is 18.2 Å². The van der Waals surface area contributed by atoms with Crippen LogP contribution in [0.15, 0.2) is 18.2 Å². The van der Waals surface area contributed by atoms with Gasteiger partial charge in [0.1, 0.15) is 5.75 Å². The van der Waals surface area contributed by atoms with Gasteiger partial charge in [-0.25, -0.2) is 0 Å². The van der Waals surface area contributed by atoms with Gasteiger partial charge in [-0.15, -0.1) is 0 Å². The van der Waals surface area contributed by atoms with Crippen molar-refractivity contribution in [1.29, 1.82) is 0 Å². The molecule has 0 saturated heterocycles. The van der Waals surface area contributed by atoms with Crippen LogP contribution >= 0.6 is 11.6 Å². The molecule has 20 heavy (non-hydrogen) atoms. The van der Waals surface area contributed by atoms with E-state index in [0.29, 0.717) is 0 Å². The minimum absolute atomic E-state index is 0.185. The lowest BCUT2D eigenvalue weighted by Crippen LogP contribution is -2.42. The lowest BCUT2D eigenvalue weighted by Gasteiger charge is -2.27. The SMILES string of the molecule is CCCNC(Cc1cc(Cl)ccc1OC)C(CC)OC. The lowest BCUT2D eigenvalue weighted by atomic mass is 9.98. The normalized spacial score (nSPS) is 14.1. The molecule has 0 heterocycles. The standard InChI is InChI=1S/C16H26ClNO2/c1-5-9-18-14(15(6-2)19-3)11-12-10-13(17)7-8-16(12)20-4/h7-8,10,14-15,18H,5-6,9,11H2,1-4H3. The largest absolute Gasteiger partial charge is 0.496 e. The maximum Gasteiger partial charge on any atom is 0.122 e. The van der Waals surface area contributed by atoms with Gasteiger partial charge in [-0.3, -0.25) is 0 Å². The summed E-state index contributed by atoms with van der Waals surface area (Å²) in [5.74, 6) is 0.878. The van der Waals surface area contributed by atoms with Crippen molar-refractivity contribution in [3.63, 3.8) is 0 Å². The molecule has 1 aromatic rings. The number of hydrogen-bond acceptors (Lipinski definition) is 3. The Labute approximate surface area is 127 Å². The number of nitrogens with one attached hydrogen (secondary N) is 1. The lowest BCUT2D eigenvalue weighted by molar-refractivity contribution is 0.0652. The van der Waals surface area contributed by atoms with Crippen LogP contribution in [0.3, 0.4) is 0 Å². The van der Waals surface area contributed by atoms with Crippen LogP contribution in [0.25, 0.3) is 0 Å². The van der Waals surface area contributed by atoms with Gasteiger partial charge in [0.2, 0.25) is 0 Å². The molecule has 1 rings (SSSR count). The fraction of sp³-hybridized carbons (Fsp3) is 0.625. The van der Waals surface area contributed by atoms with Crippen molar-refractivity contribution in [3.8, 4) is 5.75 Å². The first-order valence-corrected chi connectivity index (χ1v) is 7.62. The van der Waals surface area contributed by atoms with Crippen LogP contribution < -0.4 is 10.1 Å². The van der Waals surface area contributed by atoms with Gasteiger partial charge in [-0.1, -0.05) is 25.4 Å². The van der Waals surface area contributed by atoms with Crippen LogP contribution in [0.1, 0.15) is 32.3 Å². The van der Waals surface area contributed by atoms with Crippen LogP contribution in [-0.2, 0) is 11.2 Å². The maximum absolute atomic E-state index is 6.10. The highest BCUT2D eigenvalue weighted by molar-refractivity contribution is 6.30. The number of ether oxygens (including phenoxy) is 2. The highest BCUT2D eigenvalue weighted by atomic mass is 35.5. The summed E-state index contributed by atoms with van der Waals surface area (Å²) in [5.41, 5.74) is 1.11. The summed E-state index contributed by atoms with van der Waals surface area (Å²) < 4.78 is 11.0. The Balaban J connectivity index is 2.90. The van der Waals surface area contributed by atoms with Gasteiger partial charge in [0.25, 0.3) is 0 Å². The van der Waals surface area contributed by atoms with Crippen LogP contribution in [0.4, 0.5) is 0 Å². The summed E-state index contributed by atoms with van der Waals surface area (Å²) in [6.45, 7) is 5.29. The molecule has 2 unspecified atom stereocenters. The zero-order valence-electron chi connectivity index (χ0n) is 12.9. The monoisotopic (exact) mass is 299 g/mol. The van der Waals surface area contributed by atoms with Crippen LogP contribution in [0, 0.1) is 0 Å². The summed E-state index contributed by atoms with van der Waals surface area (Å²) in [4.78, 5) is 0. The highest BCUT2D eigenvalue weighted by Crippen LogP contribution is 2.25. The summed E-state index contributed by atoms with van der Waals surface area (Å²) in [6, 6.07) is 6.01. The molecular formula is C16H26ClNO2. The Morgan fingerprint density at radius 3 is 2.55 bits per heavy atom. The highest BCUT2D eigenvalue weighted by Gasteiger charge is 2.21. The second-order valence-electron chi connectivity index (χ2n) is 4.90. The number of benzene rings is 1. The Morgan fingerprint density at radius 2 is 2.00 bits per heavy atom. The minimum atomic E-state index is 0.185. The minimum Gasteiger partial charge on any atom is -0.496 e. The van der Waals surface area contributed by atoms with E-state index in [1.165, 1.54) is 0 Å². The summed E-state index contributed by atoms with van der Waals surface area (Å²) >= 11 is 6.10. The van der Waals surface area contributed by atoms with Gasteiger partial charge >= 0.3 is 0 Å². The van der Waals surface area contributed by atoms with Gasteiger partial charge in [0.15, 0.2) is 0 Å². The van der Waals surface area contributed by atoms with Gasteiger partial charge in [-0.2, -0.15) is 0 Å². The van der Waals surface area contributed by atoms with Gasteiger partial charge in [-0.05, 0) is 49.6 Å². The molecule has 4 heteroatoms. The second kappa shape index (κ2) is 9.22. The molecule has 0 aromatic heterocycles. The van der Waals surface area contributed by atoms with E-state index in [4.69, 9.17) is 21.1 Å². The van der Waals surface area contributed by atoms with E-state index in [9.17, 15) is 0 Å². The van der Waals surface area contributed by atoms with E-state index >= 15 is 0 Å². The summed E-state index contributed by atoms with van der Waals surface area (Å²) in [6.07, 6.45) is 3.10. The third-order valence-electron chi connectivity index (χ3n) is 3.49. The van der Waals surface area contributed by atoms with E-state index in [2.05, 4.69) is 19.2 Å². The number of halogens is 1. The van der Waals surface area contributed by atoms with Crippen molar-refractivity contribution in [2.45, 2.75) is 45.3 Å². The van der Waals surface area contributed by atoms with Crippen molar-refractivity contribution < 1.29 is 9.47 Å². The fourth-order valence-electron chi connectivity index (χ4n) is 2.42. The van der Waals surface area contributed by atoms with Gasteiger partial charge < -0.3 is 14.8 Å². The molecule has 114 valence electrons. The molecule has 0 spiro atoms. The quantitative estimate of drug-likeness (QED) is 0.754. The number of methoxy groups -OCH3 is 2. The topological polar surface area (TPSA) is 30.5 Å². The first-order chi connectivity index (χ1) is 9.65. The third-order valence-corrected chi connectivity index (χ3v) is 3.73. The second-order valence-corrected chi connectivity index (χ2v) is 5.34. The Hall–Kier alpha value is -0.770. The Bertz CT molecular complexity index is 394. The van der Waals surface area contributed by atoms with Crippen molar-refractivity contribution in [3.05, 3.63) is 28.8 Å². The van der Waals surface area contributed by atoms with Crippen LogP contribution in [0.5, 0.6) is 5.75 Å². The first kappa shape index (κ1) is 17.3. The van der Waals surface area contributed by atoms with Crippen molar-refractivity contribution in [2.75, 3.05) is 20.8 Å². The van der Waals surface area contributed by atoms with E-state index in [1.54, 1.807) is 14.2 Å². The van der Waals surface area contributed by atoms with Crippen LogP contribution in [0.2, 0.25) is 5.02 Å². The molecule has 0 fully saturated rings. The van der Waals surface area contributed by atoms with Crippen LogP contribution in [-0.4, -0.2) is 32.9 Å². The van der Waals surface area contributed by atoms with E-state index < -0.39 is 0 Å². The molecule has 1 N–H and O–H groups in total. The van der Waals surface area contributed by atoms with Crippen molar-refractivity contribution in [1.82, 2.24) is 5.32 Å². The molecule has 0 aliphatic heterocycles. The molecule has 3 nitrogen and oxygen atoms in total. The molecule has 1 aromatic carbocycles. The predicted molar refractivity (Wildman–Crippen MR) is 84.9 cm³/mol. The summed E-state index contributed by atoms with van der Waals surface area (Å²) in [7, 11) is 3.46.